The molecule has 0 unspecified atom stereocenters. The lowest BCUT2D eigenvalue weighted by atomic mass is 10.2. The van der Waals surface area contributed by atoms with E-state index in [0.717, 1.165) is 0 Å². The Labute approximate surface area is 200 Å². The number of benzene rings is 2. The first-order valence-electron chi connectivity index (χ1n) is 10.5. The van der Waals surface area contributed by atoms with Crippen molar-refractivity contribution in [2.45, 2.75) is 20.0 Å². The second-order valence-electron chi connectivity index (χ2n) is 7.44. The fourth-order valence-corrected chi connectivity index (χ4v) is 3.46. The zero-order valence-electron chi connectivity index (χ0n) is 18.5. The quantitative estimate of drug-likeness (QED) is 0.343. The SMILES string of the molecule is CC(C)Oc1cc(C(=O)Nc2nccs2)cc(Oc2ccc(NC(=O)c3ccccc3)cc2)n1. The molecule has 0 spiro atoms. The number of anilines is 2. The van der Waals surface area contributed by atoms with Gasteiger partial charge in [-0.2, -0.15) is 4.98 Å². The summed E-state index contributed by atoms with van der Waals surface area (Å²) >= 11 is 1.32. The highest BCUT2D eigenvalue weighted by Crippen LogP contribution is 2.26. The van der Waals surface area contributed by atoms with Gasteiger partial charge in [0.05, 0.1) is 11.7 Å². The lowest BCUT2D eigenvalue weighted by Crippen LogP contribution is -2.14. The Morgan fingerprint density at radius 2 is 1.59 bits per heavy atom. The number of nitrogens with zero attached hydrogens (tertiary/aromatic N) is 2. The van der Waals surface area contributed by atoms with E-state index in [1.165, 1.54) is 17.4 Å². The maximum Gasteiger partial charge on any atom is 0.257 e. The van der Waals surface area contributed by atoms with Gasteiger partial charge in [-0.05, 0) is 50.2 Å². The Morgan fingerprint density at radius 3 is 2.26 bits per heavy atom. The monoisotopic (exact) mass is 474 g/mol. The molecule has 0 saturated carbocycles. The van der Waals surface area contributed by atoms with Crippen molar-refractivity contribution in [1.82, 2.24) is 9.97 Å². The molecular weight excluding hydrogens is 452 g/mol. The van der Waals surface area contributed by atoms with Gasteiger partial charge >= 0.3 is 0 Å². The average Bonchev–Trinajstić information content (AvgIpc) is 3.33. The number of carbonyl (C=O) groups excluding carboxylic acids is 2. The molecule has 0 bridgehead atoms. The van der Waals surface area contributed by atoms with Gasteiger partial charge in [-0.15, -0.1) is 11.3 Å². The highest BCUT2D eigenvalue weighted by atomic mass is 32.1. The Bertz CT molecular complexity index is 1260. The number of amides is 2. The van der Waals surface area contributed by atoms with Crippen molar-refractivity contribution in [3.63, 3.8) is 0 Å². The number of hydrogen-bond donors (Lipinski definition) is 2. The maximum absolute atomic E-state index is 12.7. The van der Waals surface area contributed by atoms with Gasteiger partial charge < -0.3 is 14.8 Å². The van der Waals surface area contributed by atoms with Crippen LogP contribution < -0.4 is 20.1 Å². The molecule has 2 heterocycles. The molecule has 0 radical (unpaired) electrons. The van der Waals surface area contributed by atoms with Crippen molar-refractivity contribution < 1.29 is 19.1 Å². The normalized spacial score (nSPS) is 10.6. The van der Waals surface area contributed by atoms with Crippen LogP contribution >= 0.6 is 11.3 Å². The van der Waals surface area contributed by atoms with E-state index in [1.807, 2.05) is 19.9 Å². The van der Waals surface area contributed by atoms with Crippen molar-refractivity contribution in [3.05, 3.63) is 89.4 Å². The van der Waals surface area contributed by atoms with Crippen LogP contribution in [0.5, 0.6) is 17.5 Å². The number of nitrogens with one attached hydrogen (secondary N) is 2. The van der Waals surface area contributed by atoms with Crippen molar-refractivity contribution in [2.24, 2.45) is 0 Å². The van der Waals surface area contributed by atoms with E-state index in [9.17, 15) is 9.59 Å². The van der Waals surface area contributed by atoms with Crippen LogP contribution in [0, 0.1) is 0 Å². The summed E-state index contributed by atoms with van der Waals surface area (Å²) in [5.41, 5.74) is 1.51. The summed E-state index contributed by atoms with van der Waals surface area (Å²) in [4.78, 5) is 33.4. The molecule has 8 nitrogen and oxygen atoms in total. The van der Waals surface area contributed by atoms with Gasteiger partial charge in [-0.3, -0.25) is 14.9 Å². The summed E-state index contributed by atoms with van der Waals surface area (Å²) in [5.74, 6) is 0.394. The van der Waals surface area contributed by atoms with Crippen LogP contribution in [-0.4, -0.2) is 27.9 Å². The first-order chi connectivity index (χ1) is 16.5. The fourth-order valence-electron chi connectivity index (χ4n) is 2.94. The summed E-state index contributed by atoms with van der Waals surface area (Å²) in [6.45, 7) is 3.74. The molecule has 4 aromatic rings. The summed E-state index contributed by atoms with van der Waals surface area (Å²) in [6.07, 6.45) is 1.48. The molecule has 2 N–H and O–H groups in total. The second-order valence-corrected chi connectivity index (χ2v) is 8.33. The summed E-state index contributed by atoms with van der Waals surface area (Å²) in [6, 6.07) is 18.9. The minimum absolute atomic E-state index is 0.134. The van der Waals surface area contributed by atoms with Gasteiger partial charge in [-0.25, -0.2) is 4.98 Å². The van der Waals surface area contributed by atoms with Crippen LogP contribution in [0.3, 0.4) is 0 Å². The molecule has 2 amide bonds. The first-order valence-corrected chi connectivity index (χ1v) is 11.4. The van der Waals surface area contributed by atoms with Crippen LogP contribution in [-0.2, 0) is 0 Å². The third kappa shape index (κ3) is 6.17. The Balaban J connectivity index is 1.49. The van der Waals surface area contributed by atoms with Gasteiger partial charge in [0.1, 0.15) is 5.75 Å². The molecule has 0 atom stereocenters. The van der Waals surface area contributed by atoms with Gasteiger partial charge in [0, 0.05) is 35.0 Å². The third-order valence-electron chi connectivity index (χ3n) is 4.42. The van der Waals surface area contributed by atoms with Crippen molar-refractivity contribution in [1.29, 1.82) is 0 Å². The Kier molecular flexibility index (Phi) is 7.14. The van der Waals surface area contributed by atoms with E-state index < -0.39 is 0 Å². The molecule has 0 fully saturated rings. The van der Waals surface area contributed by atoms with Gasteiger partial charge in [0.2, 0.25) is 11.8 Å². The maximum atomic E-state index is 12.7. The number of ether oxygens (including phenoxy) is 2. The van der Waals surface area contributed by atoms with Crippen molar-refractivity contribution >= 4 is 34.0 Å². The standard InChI is InChI=1S/C25H22N4O4S/c1-16(2)32-21-14-18(24(31)29-25-26-12-13-34-25)15-22(28-21)33-20-10-8-19(9-11-20)27-23(30)17-6-4-3-5-7-17/h3-16H,1-2H3,(H,27,30)(H,26,29,31). The number of aromatic nitrogens is 2. The molecule has 2 aromatic carbocycles. The molecule has 172 valence electrons. The smallest absolute Gasteiger partial charge is 0.257 e. The largest absolute Gasteiger partial charge is 0.475 e. The van der Waals surface area contributed by atoms with Crippen LogP contribution in [0.25, 0.3) is 0 Å². The summed E-state index contributed by atoms with van der Waals surface area (Å²) < 4.78 is 11.6. The number of thiazole rings is 1. The lowest BCUT2D eigenvalue weighted by molar-refractivity contribution is 0.101. The van der Waals surface area contributed by atoms with Gasteiger partial charge in [0.15, 0.2) is 5.13 Å². The molecule has 0 aliphatic rings. The van der Waals surface area contributed by atoms with E-state index >= 15 is 0 Å². The average molecular weight is 475 g/mol. The minimum Gasteiger partial charge on any atom is -0.475 e. The van der Waals surface area contributed by atoms with E-state index in [4.69, 9.17) is 9.47 Å². The number of pyridine rings is 1. The molecule has 34 heavy (non-hydrogen) atoms. The van der Waals surface area contributed by atoms with Gasteiger partial charge in [0.25, 0.3) is 11.8 Å². The molecule has 0 saturated heterocycles. The van der Waals surface area contributed by atoms with E-state index in [-0.39, 0.29) is 29.7 Å². The number of rotatable bonds is 8. The van der Waals surface area contributed by atoms with Crippen LogP contribution in [0.15, 0.2) is 78.3 Å². The molecule has 4 rings (SSSR count). The van der Waals surface area contributed by atoms with Crippen molar-refractivity contribution in [2.75, 3.05) is 10.6 Å². The highest BCUT2D eigenvalue weighted by Gasteiger charge is 2.14. The second kappa shape index (κ2) is 10.6. The topological polar surface area (TPSA) is 102 Å². The minimum atomic E-state index is -0.352. The predicted molar refractivity (Wildman–Crippen MR) is 131 cm³/mol. The van der Waals surface area contributed by atoms with Crippen LogP contribution in [0.1, 0.15) is 34.6 Å². The zero-order chi connectivity index (χ0) is 23.9. The number of carbonyl (C=O) groups is 2. The molecule has 2 aromatic heterocycles. The zero-order valence-corrected chi connectivity index (χ0v) is 19.3. The van der Waals surface area contributed by atoms with Crippen LogP contribution in [0.4, 0.5) is 10.8 Å². The molecule has 0 aliphatic carbocycles. The molecule has 0 aliphatic heterocycles. The first kappa shape index (κ1) is 22.9. The highest BCUT2D eigenvalue weighted by molar-refractivity contribution is 7.13. The van der Waals surface area contributed by atoms with E-state index in [1.54, 1.807) is 66.2 Å². The van der Waals surface area contributed by atoms with E-state index in [0.29, 0.717) is 27.7 Å². The van der Waals surface area contributed by atoms with Crippen molar-refractivity contribution in [3.8, 4) is 17.5 Å². The third-order valence-corrected chi connectivity index (χ3v) is 5.11. The molecule has 9 heteroatoms. The molecular formula is C25H22N4O4S. The summed E-state index contributed by atoms with van der Waals surface area (Å²) in [5, 5.41) is 7.84. The predicted octanol–water partition coefficient (Wildman–Crippen LogP) is 5.62. The summed E-state index contributed by atoms with van der Waals surface area (Å²) in [7, 11) is 0. The fraction of sp³-hybridized carbons (Fsp3) is 0.120. The number of hydrogen-bond acceptors (Lipinski definition) is 7. The lowest BCUT2D eigenvalue weighted by Gasteiger charge is -2.13. The van der Waals surface area contributed by atoms with Crippen LogP contribution in [0.2, 0.25) is 0 Å². The van der Waals surface area contributed by atoms with E-state index in [2.05, 4.69) is 20.6 Å². The Hall–Kier alpha value is -4.24. The van der Waals surface area contributed by atoms with Gasteiger partial charge in [-0.1, -0.05) is 18.2 Å². The Morgan fingerprint density at radius 1 is 0.882 bits per heavy atom.